The Morgan fingerprint density at radius 2 is 2.00 bits per heavy atom. The molecule has 10 heteroatoms. The number of aromatic nitrogens is 6. The molecule has 0 saturated carbocycles. The second-order valence-electron chi connectivity index (χ2n) is 10.3. The highest BCUT2D eigenvalue weighted by Gasteiger charge is 2.30. The van der Waals surface area contributed by atoms with Crippen molar-refractivity contribution < 1.29 is 4.74 Å². The van der Waals surface area contributed by atoms with E-state index in [1.807, 2.05) is 12.3 Å². The number of thiazole rings is 1. The van der Waals surface area contributed by atoms with Crippen molar-refractivity contribution in [2.45, 2.75) is 72.4 Å². The zero-order chi connectivity index (χ0) is 26.3. The minimum absolute atomic E-state index is 0.247. The topological polar surface area (TPSA) is 87.5 Å². The van der Waals surface area contributed by atoms with Crippen molar-refractivity contribution in [1.82, 2.24) is 34.7 Å². The lowest BCUT2D eigenvalue weighted by Crippen LogP contribution is -2.54. The van der Waals surface area contributed by atoms with Crippen LogP contribution in [-0.2, 0) is 0 Å². The molecule has 4 aromatic heterocycles. The maximum absolute atomic E-state index is 5.59. The highest BCUT2D eigenvalue weighted by molar-refractivity contribution is 7.19. The number of anilines is 1. The van der Waals surface area contributed by atoms with Crippen LogP contribution in [0.25, 0.3) is 27.6 Å². The Morgan fingerprint density at radius 1 is 1.22 bits per heavy atom. The number of rotatable bonds is 8. The molecule has 0 spiro atoms. The number of nitrogens with one attached hydrogen (secondary N) is 1. The summed E-state index contributed by atoms with van der Waals surface area (Å²) >= 11 is 1.77. The molecule has 1 fully saturated rings. The van der Waals surface area contributed by atoms with Gasteiger partial charge in [0.2, 0.25) is 0 Å². The van der Waals surface area contributed by atoms with E-state index in [4.69, 9.17) is 14.8 Å². The first kappa shape index (κ1) is 25.7. The number of ether oxygens (including phenoxy) is 1. The number of hydrogen-bond donors (Lipinski definition) is 1. The van der Waals surface area contributed by atoms with Gasteiger partial charge in [0.25, 0.3) is 0 Å². The SMILES string of the molecule is CCC(CC)N1CCN(c2sc(-c3[nH]nc(-c4cc(OC)c5ncnn5c4)c3C(C)C)nc2C)[C@@H](C)C1. The standard InChI is InChI=1S/C27H38N8OS/c1-8-20(9-2)33-10-11-34(17(5)13-33)27-18(6)30-26(37-27)24-22(16(3)4)23(31-32-24)19-12-21(36-7)25-28-15-29-35(25)14-19/h12,14-17,20H,8-11,13H2,1-7H3,(H,31,32)/t17-/m0/s1. The average Bonchev–Trinajstić information content (AvgIpc) is 3.62. The van der Waals surface area contributed by atoms with Crippen LogP contribution in [-0.4, -0.2) is 73.5 Å². The maximum atomic E-state index is 5.59. The van der Waals surface area contributed by atoms with E-state index in [1.54, 1.807) is 23.0 Å². The molecule has 198 valence electrons. The molecule has 1 atom stereocenters. The number of aromatic amines is 1. The molecular weight excluding hydrogens is 484 g/mol. The predicted octanol–water partition coefficient (Wildman–Crippen LogP) is 5.38. The third kappa shape index (κ3) is 4.61. The first-order chi connectivity index (χ1) is 17.9. The van der Waals surface area contributed by atoms with Crippen LogP contribution < -0.4 is 9.64 Å². The van der Waals surface area contributed by atoms with Crippen LogP contribution in [0.1, 0.15) is 64.6 Å². The van der Waals surface area contributed by atoms with Gasteiger partial charge in [0.1, 0.15) is 16.3 Å². The third-order valence-electron chi connectivity index (χ3n) is 7.58. The molecule has 1 aliphatic rings. The lowest BCUT2D eigenvalue weighted by Gasteiger charge is -2.43. The molecule has 1 saturated heterocycles. The number of methoxy groups -OCH3 is 1. The summed E-state index contributed by atoms with van der Waals surface area (Å²) < 4.78 is 7.33. The van der Waals surface area contributed by atoms with E-state index in [0.29, 0.717) is 23.5 Å². The van der Waals surface area contributed by atoms with E-state index in [-0.39, 0.29) is 5.92 Å². The van der Waals surface area contributed by atoms with Crippen molar-refractivity contribution in [2.75, 3.05) is 31.6 Å². The normalized spacial score (nSPS) is 17.0. The Kier molecular flexibility index (Phi) is 7.22. The van der Waals surface area contributed by atoms with E-state index in [9.17, 15) is 0 Å². The van der Waals surface area contributed by atoms with Gasteiger partial charge in [-0.1, -0.05) is 39.0 Å². The molecule has 4 aromatic rings. The first-order valence-electron chi connectivity index (χ1n) is 13.3. The number of fused-ring (bicyclic) bond motifs is 1. The fraction of sp³-hybridized carbons (Fsp3) is 0.556. The second-order valence-corrected chi connectivity index (χ2v) is 11.2. The summed E-state index contributed by atoms with van der Waals surface area (Å²) in [6, 6.07) is 3.11. The minimum atomic E-state index is 0.247. The predicted molar refractivity (Wildman–Crippen MR) is 150 cm³/mol. The number of aryl methyl sites for hydroxylation is 1. The molecule has 0 unspecified atom stereocenters. The number of piperazine rings is 1. The summed E-state index contributed by atoms with van der Waals surface area (Å²) in [7, 11) is 1.65. The van der Waals surface area contributed by atoms with Gasteiger partial charge in [-0.25, -0.2) is 14.5 Å². The molecule has 0 bridgehead atoms. The van der Waals surface area contributed by atoms with E-state index in [2.05, 4.69) is 66.5 Å². The van der Waals surface area contributed by atoms with E-state index < -0.39 is 0 Å². The summed E-state index contributed by atoms with van der Waals surface area (Å²) in [4.78, 5) is 14.6. The van der Waals surface area contributed by atoms with Gasteiger partial charge in [-0.2, -0.15) is 10.2 Å². The molecule has 1 aliphatic heterocycles. The van der Waals surface area contributed by atoms with Gasteiger partial charge < -0.3 is 9.64 Å². The number of hydrogen-bond acceptors (Lipinski definition) is 8. The Hall–Kier alpha value is -2.98. The monoisotopic (exact) mass is 522 g/mol. The van der Waals surface area contributed by atoms with Gasteiger partial charge in [0.05, 0.1) is 24.2 Å². The zero-order valence-corrected chi connectivity index (χ0v) is 23.8. The van der Waals surface area contributed by atoms with Gasteiger partial charge in [-0.3, -0.25) is 10.00 Å². The fourth-order valence-electron chi connectivity index (χ4n) is 5.66. The van der Waals surface area contributed by atoms with E-state index >= 15 is 0 Å². The molecule has 37 heavy (non-hydrogen) atoms. The molecule has 1 N–H and O–H groups in total. The summed E-state index contributed by atoms with van der Waals surface area (Å²) in [5.74, 6) is 0.916. The summed E-state index contributed by atoms with van der Waals surface area (Å²) in [6.07, 6.45) is 5.91. The smallest absolute Gasteiger partial charge is 0.197 e. The van der Waals surface area contributed by atoms with Crippen LogP contribution in [0.5, 0.6) is 5.75 Å². The lowest BCUT2D eigenvalue weighted by molar-refractivity contribution is 0.156. The Balaban J connectivity index is 1.49. The minimum Gasteiger partial charge on any atom is -0.493 e. The van der Waals surface area contributed by atoms with Crippen molar-refractivity contribution in [3.63, 3.8) is 0 Å². The number of H-pyrrole nitrogens is 1. The van der Waals surface area contributed by atoms with Gasteiger partial charge in [-0.15, -0.1) is 0 Å². The molecule has 9 nitrogen and oxygen atoms in total. The Labute approximate surface area is 222 Å². The van der Waals surface area contributed by atoms with Crippen molar-refractivity contribution in [3.05, 3.63) is 29.8 Å². The quantitative estimate of drug-likeness (QED) is 0.332. The zero-order valence-electron chi connectivity index (χ0n) is 22.9. The second kappa shape index (κ2) is 10.4. The Bertz CT molecular complexity index is 1370. The largest absolute Gasteiger partial charge is 0.493 e. The van der Waals surface area contributed by atoms with Crippen molar-refractivity contribution in [3.8, 4) is 27.7 Å². The third-order valence-corrected chi connectivity index (χ3v) is 8.79. The van der Waals surface area contributed by atoms with Crippen LogP contribution in [0.15, 0.2) is 18.6 Å². The van der Waals surface area contributed by atoms with Gasteiger partial charge >= 0.3 is 0 Å². The van der Waals surface area contributed by atoms with Crippen LogP contribution in [0.4, 0.5) is 5.00 Å². The summed E-state index contributed by atoms with van der Waals surface area (Å²) in [5, 5.41) is 14.7. The van der Waals surface area contributed by atoms with Crippen LogP contribution >= 0.6 is 11.3 Å². The van der Waals surface area contributed by atoms with Crippen LogP contribution in [0, 0.1) is 6.92 Å². The molecule has 0 amide bonds. The van der Waals surface area contributed by atoms with E-state index in [0.717, 1.165) is 52.9 Å². The first-order valence-corrected chi connectivity index (χ1v) is 14.1. The number of nitrogens with zero attached hydrogens (tertiary/aromatic N) is 7. The molecule has 5 rings (SSSR count). The molecule has 0 radical (unpaired) electrons. The van der Waals surface area contributed by atoms with Crippen LogP contribution in [0.3, 0.4) is 0 Å². The fourth-order valence-corrected chi connectivity index (χ4v) is 6.86. The highest BCUT2D eigenvalue weighted by atomic mass is 32.1. The van der Waals surface area contributed by atoms with Gasteiger partial charge in [0, 0.05) is 49.0 Å². The molecule has 0 aliphatic carbocycles. The summed E-state index contributed by atoms with van der Waals surface area (Å²) in [6.45, 7) is 16.7. The van der Waals surface area contributed by atoms with Gasteiger partial charge in [0.15, 0.2) is 11.4 Å². The lowest BCUT2D eigenvalue weighted by atomic mass is 9.97. The molecule has 0 aromatic carbocycles. The van der Waals surface area contributed by atoms with Crippen molar-refractivity contribution in [1.29, 1.82) is 0 Å². The van der Waals surface area contributed by atoms with E-state index in [1.165, 1.54) is 24.2 Å². The molecule has 5 heterocycles. The maximum Gasteiger partial charge on any atom is 0.197 e. The number of pyridine rings is 1. The average molecular weight is 523 g/mol. The molecular formula is C27H38N8OS. The Morgan fingerprint density at radius 3 is 2.68 bits per heavy atom. The summed E-state index contributed by atoms with van der Waals surface area (Å²) in [5.41, 5.74) is 5.73. The highest BCUT2D eigenvalue weighted by Crippen LogP contribution is 2.41. The van der Waals surface area contributed by atoms with Crippen molar-refractivity contribution in [2.24, 2.45) is 0 Å². The van der Waals surface area contributed by atoms with Gasteiger partial charge in [-0.05, 0) is 38.7 Å². The van der Waals surface area contributed by atoms with Crippen LogP contribution in [0.2, 0.25) is 0 Å². The van der Waals surface area contributed by atoms with Crippen molar-refractivity contribution >= 4 is 22.0 Å².